The van der Waals surface area contributed by atoms with E-state index in [9.17, 15) is 4.79 Å². The van der Waals surface area contributed by atoms with Crippen molar-refractivity contribution in [3.63, 3.8) is 0 Å². The van der Waals surface area contributed by atoms with Gasteiger partial charge in [0.1, 0.15) is 5.82 Å². The summed E-state index contributed by atoms with van der Waals surface area (Å²) >= 11 is 0. The van der Waals surface area contributed by atoms with Gasteiger partial charge in [0.15, 0.2) is 0 Å². The molecule has 0 aliphatic carbocycles. The lowest BCUT2D eigenvalue weighted by atomic mass is 9.90. The molecule has 1 amide bonds. The Balaban J connectivity index is 1.50. The summed E-state index contributed by atoms with van der Waals surface area (Å²) in [6.45, 7) is 6.20. The summed E-state index contributed by atoms with van der Waals surface area (Å²) in [5.41, 5.74) is 2.22. The Labute approximate surface area is 163 Å². The van der Waals surface area contributed by atoms with Gasteiger partial charge in [-0.1, -0.05) is 44.2 Å². The summed E-state index contributed by atoms with van der Waals surface area (Å²) in [5, 5.41) is 2.99. The third kappa shape index (κ3) is 5.31. The Kier molecular flexibility index (Phi) is 6.86. The van der Waals surface area contributed by atoms with Crippen molar-refractivity contribution in [3.05, 3.63) is 54.2 Å². The molecule has 2 aromatic rings. The van der Waals surface area contributed by atoms with Gasteiger partial charge in [0.25, 0.3) is 0 Å². The first-order valence-electron chi connectivity index (χ1n) is 10.2. The van der Waals surface area contributed by atoms with Gasteiger partial charge in [0.05, 0.1) is 11.9 Å². The summed E-state index contributed by atoms with van der Waals surface area (Å²) in [6, 6.07) is 14.8. The average molecular weight is 366 g/mol. The van der Waals surface area contributed by atoms with Crippen LogP contribution in [-0.2, 0) is 11.2 Å². The number of hydrogen-bond donors (Lipinski definition) is 1. The number of nitrogens with one attached hydrogen (secondary N) is 1. The molecule has 1 saturated heterocycles. The maximum atomic E-state index is 12.2. The van der Waals surface area contributed by atoms with Crippen LogP contribution in [0.5, 0.6) is 0 Å². The second-order valence-electron chi connectivity index (χ2n) is 7.53. The molecule has 4 heteroatoms. The molecule has 0 radical (unpaired) electrons. The van der Waals surface area contributed by atoms with Gasteiger partial charge in [0.2, 0.25) is 5.91 Å². The predicted molar refractivity (Wildman–Crippen MR) is 112 cm³/mol. The number of piperidine rings is 1. The van der Waals surface area contributed by atoms with Crippen molar-refractivity contribution in [1.29, 1.82) is 0 Å². The fourth-order valence-electron chi connectivity index (χ4n) is 3.86. The van der Waals surface area contributed by atoms with Crippen molar-refractivity contribution in [1.82, 2.24) is 4.98 Å². The van der Waals surface area contributed by atoms with Gasteiger partial charge in [-0.05, 0) is 55.7 Å². The molecule has 0 atom stereocenters. The van der Waals surface area contributed by atoms with Crippen molar-refractivity contribution >= 4 is 17.4 Å². The zero-order valence-corrected chi connectivity index (χ0v) is 16.5. The van der Waals surface area contributed by atoms with Crippen LogP contribution in [0.1, 0.15) is 45.1 Å². The van der Waals surface area contributed by atoms with E-state index in [0.717, 1.165) is 43.4 Å². The SMILES string of the molecule is CCC(CC)C(=O)Nc1ccc(N2CCC(Cc3ccccc3)CC2)nc1. The molecule has 2 heterocycles. The van der Waals surface area contributed by atoms with Crippen molar-refractivity contribution < 1.29 is 4.79 Å². The number of hydrogen-bond acceptors (Lipinski definition) is 3. The van der Waals surface area contributed by atoms with Gasteiger partial charge in [-0.3, -0.25) is 4.79 Å². The van der Waals surface area contributed by atoms with Gasteiger partial charge >= 0.3 is 0 Å². The van der Waals surface area contributed by atoms with Crippen LogP contribution in [-0.4, -0.2) is 24.0 Å². The molecule has 1 aliphatic rings. The Bertz CT molecular complexity index is 702. The Morgan fingerprint density at radius 2 is 1.81 bits per heavy atom. The number of carbonyl (C=O) groups excluding carboxylic acids is 1. The lowest BCUT2D eigenvalue weighted by Crippen LogP contribution is -2.34. The minimum atomic E-state index is 0.0771. The number of rotatable bonds is 7. The normalized spacial score (nSPS) is 15.1. The monoisotopic (exact) mass is 365 g/mol. The van der Waals surface area contributed by atoms with Gasteiger partial charge < -0.3 is 10.2 Å². The highest BCUT2D eigenvalue weighted by Gasteiger charge is 2.20. The molecule has 1 fully saturated rings. The highest BCUT2D eigenvalue weighted by molar-refractivity contribution is 5.92. The van der Waals surface area contributed by atoms with Gasteiger partial charge in [0, 0.05) is 19.0 Å². The average Bonchev–Trinajstić information content (AvgIpc) is 2.71. The van der Waals surface area contributed by atoms with E-state index in [1.165, 1.54) is 24.8 Å². The maximum Gasteiger partial charge on any atom is 0.227 e. The minimum absolute atomic E-state index is 0.0771. The first-order chi connectivity index (χ1) is 13.2. The lowest BCUT2D eigenvalue weighted by Gasteiger charge is -2.33. The molecule has 1 aromatic carbocycles. The molecule has 0 unspecified atom stereocenters. The Hall–Kier alpha value is -2.36. The smallest absolute Gasteiger partial charge is 0.227 e. The lowest BCUT2D eigenvalue weighted by molar-refractivity contribution is -0.120. The Morgan fingerprint density at radius 3 is 2.41 bits per heavy atom. The zero-order valence-electron chi connectivity index (χ0n) is 16.5. The number of pyridine rings is 1. The van der Waals surface area contributed by atoms with Crippen LogP contribution in [0, 0.1) is 11.8 Å². The molecule has 0 saturated carbocycles. The second-order valence-corrected chi connectivity index (χ2v) is 7.53. The largest absolute Gasteiger partial charge is 0.357 e. The molecule has 4 nitrogen and oxygen atoms in total. The summed E-state index contributed by atoms with van der Waals surface area (Å²) in [4.78, 5) is 19.1. The van der Waals surface area contributed by atoms with E-state index < -0.39 is 0 Å². The van der Waals surface area contributed by atoms with E-state index >= 15 is 0 Å². The quantitative estimate of drug-likeness (QED) is 0.758. The fraction of sp³-hybridized carbons (Fsp3) is 0.478. The van der Waals surface area contributed by atoms with Crippen molar-refractivity contribution in [3.8, 4) is 0 Å². The molecule has 27 heavy (non-hydrogen) atoms. The standard InChI is InChI=1S/C23H31N3O/c1-3-20(4-2)23(27)25-21-10-11-22(24-17-21)26-14-12-19(13-15-26)16-18-8-6-5-7-9-18/h5-11,17,19-20H,3-4,12-16H2,1-2H3,(H,25,27). The molecule has 144 valence electrons. The van der Waals surface area contributed by atoms with E-state index in [0.29, 0.717) is 0 Å². The maximum absolute atomic E-state index is 12.2. The zero-order chi connectivity index (χ0) is 19.1. The number of aromatic nitrogens is 1. The van der Waals surface area contributed by atoms with Crippen LogP contribution in [0.4, 0.5) is 11.5 Å². The van der Waals surface area contributed by atoms with Crippen LogP contribution in [0.2, 0.25) is 0 Å². The van der Waals surface area contributed by atoms with Crippen LogP contribution >= 0.6 is 0 Å². The summed E-state index contributed by atoms with van der Waals surface area (Å²) in [7, 11) is 0. The number of anilines is 2. The van der Waals surface area contributed by atoms with E-state index in [1.54, 1.807) is 6.20 Å². The minimum Gasteiger partial charge on any atom is -0.357 e. The molecule has 0 bridgehead atoms. The van der Waals surface area contributed by atoms with Crippen LogP contribution in [0.3, 0.4) is 0 Å². The molecule has 3 rings (SSSR count). The fourth-order valence-corrected chi connectivity index (χ4v) is 3.86. The molecule has 1 aliphatic heterocycles. The van der Waals surface area contributed by atoms with E-state index in [-0.39, 0.29) is 11.8 Å². The molecule has 1 aromatic heterocycles. The predicted octanol–water partition coefficient (Wildman–Crippen LogP) is 4.92. The highest BCUT2D eigenvalue weighted by Crippen LogP contribution is 2.25. The number of nitrogens with zero attached hydrogens (tertiary/aromatic N) is 2. The van der Waals surface area contributed by atoms with Crippen molar-refractivity contribution in [2.24, 2.45) is 11.8 Å². The third-order valence-electron chi connectivity index (χ3n) is 5.68. The van der Waals surface area contributed by atoms with Crippen molar-refractivity contribution in [2.45, 2.75) is 46.0 Å². The Morgan fingerprint density at radius 1 is 1.11 bits per heavy atom. The van der Waals surface area contributed by atoms with Crippen LogP contribution in [0.15, 0.2) is 48.7 Å². The summed E-state index contributed by atoms with van der Waals surface area (Å²) in [5.74, 6) is 1.93. The van der Waals surface area contributed by atoms with Crippen molar-refractivity contribution in [2.75, 3.05) is 23.3 Å². The van der Waals surface area contributed by atoms with Crippen LogP contribution < -0.4 is 10.2 Å². The number of benzene rings is 1. The number of amides is 1. The van der Waals surface area contributed by atoms with Gasteiger partial charge in [-0.15, -0.1) is 0 Å². The molecular weight excluding hydrogens is 334 g/mol. The summed E-state index contributed by atoms with van der Waals surface area (Å²) < 4.78 is 0. The van der Waals surface area contributed by atoms with E-state index in [1.807, 2.05) is 12.1 Å². The molecular formula is C23H31N3O. The first-order valence-corrected chi connectivity index (χ1v) is 10.2. The van der Waals surface area contributed by atoms with Crippen LogP contribution in [0.25, 0.3) is 0 Å². The number of carbonyl (C=O) groups is 1. The van der Waals surface area contributed by atoms with E-state index in [2.05, 4.69) is 59.4 Å². The van der Waals surface area contributed by atoms with E-state index in [4.69, 9.17) is 0 Å². The van der Waals surface area contributed by atoms with Gasteiger partial charge in [-0.25, -0.2) is 4.98 Å². The highest BCUT2D eigenvalue weighted by atomic mass is 16.1. The van der Waals surface area contributed by atoms with Gasteiger partial charge in [-0.2, -0.15) is 0 Å². The topological polar surface area (TPSA) is 45.2 Å². The summed E-state index contributed by atoms with van der Waals surface area (Å²) in [6.07, 6.45) is 7.08. The molecule has 1 N–H and O–H groups in total. The molecule has 0 spiro atoms. The third-order valence-corrected chi connectivity index (χ3v) is 5.68. The second kappa shape index (κ2) is 9.54. The first kappa shape index (κ1) is 19.4.